The lowest BCUT2D eigenvalue weighted by Gasteiger charge is -2.01. The van der Waals surface area contributed by atoms with Crippen molar-refractivity contribution in [2.24, 2.45) is 0 Å². The summed E-state index contributed by atoms with van der Waals surface area (Å²) < 4.78 is 5.68. The Balaban J connectivity index is 2.02. The molecule has 0 bridgehead atoms. The van der Waals surface area contributed by atoms with Crippen LogP contribution in [0.1, 0.15) is 19.3 Å². The van der Waals surface area contributed by atoms with Gasteiger partial charge in [-0.05, 0) is 31.5 Å². The van der Waals surface area contributed by atoms with E-state index in [1.165, 1.54) is 17.8 Å². The maximum Gasteiger partial charge on any atom is 0.204 e. The number of anilines is 1. The van der Waals surface area contributed by atoms with Gasteiger partial charge in [-0.2, -0.15) is 0 Å². The van der Waals surface area contributed by atoms with Crippen molar-refractivity contribution in [3.8, 4) is 0 Å². The van der Waals surface area contributed by atoms with Gasteiger partial charge in [-0.3, -0.25) is 5.10 Å². The van der Waals surface area contributed by atoms with Gasteiger partial charge < -0.3 is 10.1 Å². The van der Waals surface area contributed by atoms with Crippen LogP contribution in [0.3, 0.4) is 0 Å². The minimum absolute atomic E-state index is 0.715. The smallest absolute Gasteiger partial charge is 0.204 e. The first-order chi connectivity index (χ1) is 6.83. The van der Waals surface area contributed by atoms with Gasteiger partial charge in [0.1, 0.15) is 0 Å². The van der Waals surface area contributed by atoms with E-state index in [1.54, 1.807) is 7.11 Å². The molecule has 0 atom stereocenters. The van der Waals surface area contributed by atoms with E-state index < -0.39 is 0 Å². The number of aromatic nitrogens is 2. The van der Waals surface area contributed by atoms with Crippen molar-refractivity contribution in [1.29, 1.82) is 0 Å². The second-order valence-corrected chi connectivity index (χ2v) is 4.56. The Labute approximate surface area is 92.7 Å². The van der Waals surface area contributed by atoms with E-state index in [0.29, 0.717) is 3.95 Å². The van der Waals surface area contributed by atoms with Gasteiger partial charge >= 0.3 is 0 Å². The van der Waals surface area contributed by atoms with Crippen LogP contribution in [0.5, 0.6) is 0 Å². The molecule has 6 heteroatoms. The van der Waals surface area contributed by atoms with Crippen LogP contribution < -0.4 is 5.32 Å². The lowest BCUT2D eigenvalue weighted by Crippen LogP contribution is -2.01. The van der Waals surface area contributed by atoms with Crippen LogP contribution in [0.2, 0.25) is 0 Å². The first-order valence-electron chi connectivity index (χ1n) is 4.61. The standard InChI is InChI=1S/C8H15N3OS2/c1-12-6-4-2-3-5-9-7-10-11-8(13)14-7/h2-6H2,1H3,(H,9,10)(H,11,13). The van der Waals surface area contributed by atoms with Gasteiger partial charge in [0.15, 0.2) is 3.95 Å². The van der Waals surface area contributed by atoms with Crippen LogP contribution in [-0.2, 0) is 4.74 Å². The van der Waals surface area contributed by atoms with E-state index in [-0.39, 0.29) is 0 Å². The van der Waals surface area contributed by atoms with Gasteiger partial charge in [0.25, 0.3) is 0 Å². The highest BCUT2D eigenvalue weighted by Gasteiger charge is 1.95. The third-order valence-electron chi connectivity index (χ3n) is 1.74. The largest absolute Gasteiger partial charge is 0.385 e. The molecule has 0 aliphatic carbocycles. The molecular formula is C8H15N3OS2. The first-order valence-corrected chi connectivity index (χ1v) is 5.83. The Kier molecular flexibility index (Phi) is 5.74. The van der Waals surface area contributed by atoms with Crippen LogP contribution in [-0.4, -0.2) is 30.5 Å². The predicted octanol–water partition coefficient (Wildman–Crippen LogP) is 2.43. The second kappa shape index (κ2) is 6.92. The Hall–Kier alpha value is -0.460. The van der Waals surface area contributed by atoms with Crippen LogP contribution in [0.4, 0.5) is 5.13 Å². The number of hydrogen-bond donors (Lipinski definition) is 2. The van der Waals surface area contributed by atoms with Crippen molar-refractivity contribution in [3.05, 3.63) is 3.95 Å². The fourth-order valence-corrected chi connectivity index (χ4v) is 1.86. The summed E-state index contributed by atoms with van der Waals surface area (Å²) >= 11 is 6.38. The summed E-state index contributed by atoms with van der Waals surface area (Å²) in [5.74, 6) is 0. The number of rotatable bonds is 7. The van der Waals surface area contributed by atoms with Crippen molar-refractivity contribution in [3.63, 3.8) is 0 Å². The molecule has 80 valence electrons. The third-order valence-corrected chi connectivity index (χ3v) is 2.79. The molecule has 2 N–H and O–H groups in total. The van der Waals surface area contributed by atoms with Crippen molar-refractivity contribution in [2.45, 2.75) is 19.3 Å². The molecule has 0 fully saturated rings. The average Bonchev–Trinajstić information content (AvgIpc) is 2.58. The molecule has 0 unspecified atom stereocenters. The van der Waals surface area contributed by atoms with Crippen LogP contribution in [0, 0.1) is 3.95 Å². The van der Waals surface area contributed by atoms with E-state index in [4.69, 9.17) is 17.0 Å². The molecule has 1 heterocycles. The number of aromatic amines is 1. The fraction of sp³-hybridized carbons (Fsp3) is 0.750. The van der Waals surface area contributed by atoms with Gasteiger partial charge in [-0.15, -0.1) is 5.10 Å². The summed E-state index contributed by atoms with van der Waals surface area (Å²) in [6.45, 7) is 1.79. The molecule has 1 aromatic rings. The Bertz CT molecular complexity index is 297. The number of nitrogens with zero attached hydrogens (tertiary/aromatic N) is 1. The molecule has 1 aromatic heterocycles. The minimum atomic E-state index is 0.715. The zero-order valence-electron chi connectivity index (χ0n) is 8.21. The molecule has 0 aliphatic heterocycles. The average molecular weight is 233 g/mol. The van der Waals surface area contributed by atoms with Crippen molar-refractivity contribution < 1.29 is 4.74 Å². The highest BCUT2D eigenvalue weighted by molar-refractivity contribution is 7.73. The molecule has 0 spiro atoms. The molecule has 0 radical (unpaired) electrons. The van der Waals surface area contributed by atoms with Crippen LogP contribution >= 0.6 is 23.6 Å². The molecule has 0 saturated carbocycles. The Morgan fingerprint density at radius 2 is 2.36 bits per heavy atom. The number of H-pyrrole nitrogens is 1. The molecule has 1 rings (SSSR count). The topological polar surface area (TPSA) is 49.9 Å². The highest BCUT2D eigenvalue weighted by Crippen LogP contribution is 2.10. The van der Waals surface area contributed by atoms with Gasteiger partial charge in [-0.25, -0.2) is 0 Å². The van der Waals surface area contributed by atoms with Crippen LogP contribution in [0.25, 0.3) is 0 Å². The van der Waals surface area contributed by atoms with Gasteiger partial charge in [0.2, 0.25) is 5.13 Å². The van der Waals surface area contributed by atoms with E-state index >= 15 is 0 Å². The van der Waals surface area contributed by atoms with Crippen LogP contribution in [0.15, 0.2) is 0 Å². The summed E-state index contributed by atoms with van der Waals surface area (Å²) in [4.78, 5) is 0. The van der Waals surface area contributed by atoms with Crippen molar-refractivity contribution >= 4 is 28.7 Å². The summed E-state index contributed by atoms with van der Waals surface area (Å²) in [5, 5.41) is 10.8. The quantitative estimate of drug-likeness (QED) is 0.561. The minimum Gasteiger partial charge on any atom is -0.385 e. The summed E-state index contributed by atoms with van der Waals surface area (Å²) in [6.07, 6.45) is 3.43. The molecule has 14 heavy (non-hydrogen) atoms. The van der Waals surface area contributed by atoms with E-state index in [1.807, 2.05) is 0 Å². The maximum absolute atomic E-state index is 4.96. The Morgan fingerprint density at radius 1 is 1.50 bits per heavy atom. The van der Waals surface area contributed by atoms with Crippen molar-refractivity contribution in [1.82, 2.24) is 10.2 Å². The SMILES string of the molecule is COCCCCCNc1n[nH]c(=S)s1. The zero-order chi connectivity index (χ0) is 10.2. The molecule has 0 aromatic carbocycles. The monoisotopic (exact) mass is 233 g/mol. The second-order valence-electron chi connectivity index (χ2n) is 2.90. The summed E-state index contributed by atoms with van der Waals surface area (Å²) in [7, 11) is 1.73. The fourth-order valence-electron chi connectivity index (χ4n) is 1.05. The lowest BCUT2D eigenvalue weighted by atomic mass is 10.2. The van der Waals surface area contributed by atoms with Crippen molar-refractivity contribution in [2.75, 3.05) is 25.6 Å². The molecule has 4 nitrogen and oxygen atoms in total. The van der Waals surface area contributed by atoms with Gasteiger partial charge in [0, 0.05) is 20.3 Å². The third kappa shape index (κ3) is 4.69. The lowest BCUT2D eigenvalue weighted by molar-refractivity contribution is 0.192. The van der Waals surface area contributed by atoms with E-state index in [0.717, 1.165) is 31.1 Å². The summed E-state index contributed by atoms with van der Waals surface area (Å²) in [5.41, 5.74) is 0. The first kappa shape index (κ1) is 11.6. The number of hydrogen-bond acceptors (Lipinski definition) is 5. The van der Waals surface area contributed by atoms with Gasteiger partial charge in [0.05, 0.1) is 0 Å². The van der Waals surface area contributed by atoms with Gasteiger partial charge in [-0.1, -0.05) is 11.3 Å². The molecule has 0 saturated heterocycles. The molecular weight excluding hydrogens is 218 g/mol. The molecule has 0 amide bonds. The molecule has 0 aliphatic rings. The number of nitrogens with one attached hydrogen (secondary N) is 2. The summed E-state index contributed by atoms with van der Waals surface area (Å²) in [6, 6.07) is 0. The Morgan fingerprint density at radius 3 is 3.00 bits per heavy atom. The maximum atomic E-state index is 4.96. The normalized spacial score (nSPS) is 10.4. The number of ether oxygens (including phenoxy) is 1. The number of unbranched alkanes of at least 4 members (excludes halogenated alkanes) is 2. The highest BCUT2D eigenvalue weighted by atomic mass is 32.1. The van der Waals surface area contributed by atoms with E-state index in [9.17, 15) is 0 Å². The predicted molar refractivity (Wildman–Crippen MR) is 61.5 cm³/mol. The van der Waals surface area contributed by atoms with E-state index in [2.05, 4.69) is 15.5 Å². The zero-order valence-corrected chi connectivity index (χ0v) is 9.84. The number of methoxy groups -OCH3 is 1.